The molecule has 1 heterocycles. The molecule has 0 radical (unpaired) electrons. The molecule has 1 aliphatic heterocycles. The van der Waals surface area contributed by atoms with Crippen molar-refractivity contribution in [1.82, 2.24) is 10.2 Å². The monoisotopic (exact) mass is 210 g/mol. The quantitative estimate of drug-likeness (QED) is 0.768. The zero-order valence-electron chi connectivity index (χ0n) is 10.3. The van der Waals surface area contributed by atoms with Crippen molar-refractivity contribution in [2.24, 2.45) is 5.92 Å². The summed E-state index contributed by atoms with van der Waals surface area (Å²) in [7, 11) is 2.11. The fourth-order valence-corrected chi connectivity index (χ4v) is 3.52. The molecular formula is C13H26N2. The Hall–Kier alpha value is -0.0800. The SMILES string of the molecule is CCC1CCCC1N1CCCC(NC)C1. The lowest BCUT2D eigenvalue weighted by molar-refractivity contribution is 0.112. The molecule has 2 fully saturated rings. The minimum absolute atomic E-state index is 0.747. The summed E-state index contributed by atoms with van der Waals surface area (Å²) >= 11 is 0. The van der Waals surface area contributed by atoms with Crippen LogP contribution in [0.4, 0.5) is 0 Å². The predicted octanol–water partition coefficient (Wildman–Crippen LogP) is 2.25. The van der Waals surface area contributed by atoms with Gasteiger partial charge in [0.05, 0.1) is 0 Å². The van der Waals surface area contributed by atoms with Crippen molar-refractivity contribution in [2.45, 2.75) is 57.5 Å². The van der Waals surface area contributed by atoms with E-state index in [2.05, 4.69) is 24.2 Å². The van der Waals surface area contributed by atoms with Gasteiger partial charge in [-0.2, -0.15) is 0 Å². The first kappa shape index (κ1) is 11.4. The summed E-state index contributed by atoms with van der Waals surface area (Å²) in [6.07, 6.45) is 8.53. The largest absolute Gasteiger partial charge is 0.316 e. The molecule has 3 atom stereocenters. The number of likely N-dealkylation sites (tertiary alicyclic amines) is 1. The number of likely N-dealkylation sites (N-methyl/N-ethyl adjacent to an activating group) is 1. The molecule has 0 bridgehead atoms. The maximum Gasteiger partial charge on any atom is 0.0192 e. The van der Waals surface area contributed by atoms with E-state index in [1.165, 1.54) is 51.6 Å². The number of hydrogen-bond acceptors (Lipinski definition) is 2. The lowest BCUT2D eigenvalue weighted by atomic mass is 9.96. The summed E-state index contributed by atoms with van der Waals surface area (Å²) in [5, 5.41) is 3.45. The highest BCUT2D eigenvalue weighted by Crippen LogP contribution is 2.33. The summed E-state index contributed by atoms with van der Waals surface area (Å²) in [5.74, 6) is 0.987. The Morgan fingerprint density at radius 2 is 2.07 bits per heavy atom. The van der Waals surface area contributed by atoms with Gasteiger partial charge in [-0.3, -0.25) is 4.90 Å². The van der Waals surface area contributed by atoms with E-state index in [9.17, 15) is 0 Å². The van der Waals surface area contributed by atoms with Crippen LogP contribution >= 0.6 is 0 Å². The van der Waals surface area contributed by atoms with Gasteiger partial charge in [0.2, 0.25) is 0 Å². The van der Waals surface area contributed by atoms with Gasteiger partial charge in [0.25, 0.3) is 0 Å². The van der Waals surface area contributed by atoms with Gasteiger partial charge in [-0.1, -0.05) is 19.8 Å². The second-order valence-electron chi connectivity index (χ2n) is 5.29. The van der Waals surface area contributed by atoms with Crippen LogP contribution in [0.2, 0.25) is 0 Å². The van der Waals surface area contributed by atoms with Crippen LogP contribution in [0.1, 0.15) is 45.4 Å². The topological polar surface area (TPSA) is 15.3 Å². The van der Waals surface area contributed by atoms with Crippen LogP contribution in [-0.2, 0) is 0 Å². The maximum atomic E-state index is 3.45. The molecule has 3 unspecified atom stereocenters. The van der Waals surface area contributed by atoms with E-state index < -0.39 is 0 Å². The lowest BCUT2D eigenvalue weighted by Crippen LogP contribution is -2.49. The summed E-state index contributed by atoms with van der Waals surface area (Å²) in [6.45, 7) is 5.00. The third kappa shape index (κ3) is 2.54. The van der Waals surface area contributed by atoms with Crippen LogP contribution in [0.5, 0.6) is 0 Å². The molecular weight excluding hydrogens is 184 g/mol. The zero-order valence-corrected chi connectivity index (χ0v) is 10.3. The van der Waals surface area contributed by atoms with E-state index in [0.29, 0.717) is 0 Å². The first-order valence-corrected chi connectivity index (χ1v) is 6.76. The Balaban J connectivity index is 1.91. The summed E-state index contributed by atoms with van der Waals surface area (Å²) in [5.41, 5.74) is 0. The molecule has 2 nitrogen and oxygen atoms in total. The molecule has 0 aromatic carbocycles. The van der Waals surface area contributed by atoms with E-state index in [1.54, 1.807) is 0 Å². The number of rotatable bonds is 3. The van der Waals surface area contributed by atoms with E-state index >= 15 is 0 Å². The zero-order chi connectivity index (χ0) is 10.7. The molecule has 1 aliphatic carbocycles. The van der Waals surface area contributed by atoms with Gasteiger partial charge in [-0.25, -0.2) is 0 Å². The van der Waals surface area contributed by atoms with Crippen LogP contribution in [0.25, 0.3) is 0 Å². The van der Waals surface area contributed by atoms with Crippen molar-refractivity contribution in [2.75, 3.05) is 20.1 Å². The number of hydrogen-bond donors (Lipinski definition) is 1. The average molecular weight is 210 g/mol. The van der Waals surface area contributed by atoms with E-state index in [0.717, 1.165) is 18.0 Å². The van der Waals surface area contributed by atoms with Crippen LogP contribution in [0, 0.1) is 5.92 Å². The van der Waals surface area contributed by atoms with Gasteiger partial charge in [0.15, 0.2) is 0 Å². The first-order valence-electron chi connectivity index (χ1n) is 6.76. The van der Waals surface area contributed by atoms with Crippen LogP contribution in [-0.4, -0.2) is 37.1 Å². The highest BCUT2D eigenvalue weighted by molar-refractivity contribution is 4.88. The van der Waals surface area contributed by atoms with E-state index in [-0.39, 0.29) is 0 Å². The standard InChI is InChI=1S/C13H26N2/c1-3-11-6-4-8-13(11)15-9-5-7-12(10-15)14-2/h11-14H,3-10H2,1-2H3. The van der Waals surface area contributed by atoms with Crippen molar-refractivity contribution in [3.8, 4) is 0 Å². The van der Waals surface area contributed by atoms with Gasteiger partial charge >= 0.3 is 0 Å². The minimum Gasteiger partial charge on any atom is -0.316 e. The van der Waals surface area contributed by atoms with E-state index in [4.69, 9.17) is 0 Å². The molecule has 0 amide bonds. The Labute approximate surface area is 94.4 Å². The normalized spacial score (nSPS) is 38.4. The lowest BCUT2D eigenvalue weighted by Gasteiger charge is -2.39. The van der Waals surface area contributed by atoms with Gasteiger partial charge in [0, 0.05) is 18.6 Å². The second-order valence-corrected chi connectivity index (χ2v) is 5.29. The Morgan fingerprint density at radius 3 is 2.80 bits per heavy atom. The predicted molar refractivity (Wildman–Crippen MR) is 65.1 cm³/mol. The average Bonchev–Trinajstić information content (AvgIpc) is 2.77. The smallest absolute Gasteiger partial charge is 0.0192 e. The number of nitrogens with zero attached hydrogens (tertiary/aromatic N) is 1. The summed E-state index contributed by atoms with van der Waals surface area (Å²) < 4.78 is 0. The second kappa shape index (κ2) is 5.31. The van der Waals surface area contributed by atoms with Crippen LogP contribution in [0.3, 0.4) is 0 Å². The highest BCUT2D eigenvalue weighted by Gasteiger charge is 2.33. The van der Waals surface area contributed by atoms with Crippen molar-refractivity contribution in [3.63, 3.8) is 0 Å². The molecule has 1 saturated carbocycles. The molecule has 1 N–H and O–H groups in total. The van der Waals surface area contributed by atoms with Crippen LogP contribution < -0.4 is 5.32 Å². The molecule has 2 aliphatic rings. The molecule has 15 heavy (non-hydrogen) atoms. The number of nitrogens with one attached hydrogen (secondary N) is 1. The van der Waals surface area contributed by atoms with Gasteiger partial charge < -0.3 is 5.32 Å². The summed E-state index contributed by atoms with van der Waals surface area (Å²) in [4.78, 5) is 2.77. The van der Waals surface area contributed by atoms with E-state index in [1.807, 2.05) is 0 Å². The van der Waals surface area contributed by atoms with Gasteiger partial charge in [-0.15, -0.1) is 0 Å². The molecule has 2 rings (SSSR count). The van der Waals surface area contributed by atoms with Crippen molar-refractivity contribution < 1.29 is 0 Å². The Morgan fingerprint density at radius 1 is 1.20 bits per heavy atom. The molecule has 88 valence electrons. The molecule has 0 aromatic rings. The molecule has 0 spiro atoms. The Kier molecular flexibility index (Phi) is 4.04. The van der Waals surface area contributed by atoms with Gasteiger partial charge in [0.1, 0.15) is 0 Å². The fraction of sp³-hybridized carbons (Fsp3) is 1.00. The van der Waals surface area contributed by atoms with Crippen molar-refractivity contribution in [1.29, 1.82) is 0 Å². The maximum absolute atomic E-state index is 3.45. The Bertz CT molecular complexity index is 193. The highest BCUT2D eigenvalue weighted by atomic mass is 15.2. The first-order chi connectivity index (χ1) is 7.35. The summed E-state index contributed by atoms with van der Waals surface area (Å²) in [6, 6.07) is 1.66. The fourth-order valence-electron chi connectivity index (χ4n) is 3.52. The third-order valence-electron chi connectivity index (χ3n) is 4.47. The molecule has 1 saturated heterocycles. The minimum atomic E-state index is 0.747. The van der Waals surface area contributed by atoms with Crippen molar-refractivity contribution in [3.05, 3.63) is 0 Å². The third-order valence-corrected chi connectivity index (χ3v) is 4.47. The van der Waals surface area contributed by atoms with Gasteiger partial charge in [-0.05, 0) is 45.2 Å². The molecule has 2 heteroatoms. The van der Waals surface area contributed by atoms with Crippen molar-refractivity contribution >= 4 is 0 Å². The number of piperidine rings is 1. The molecule has 0 aromatic heterocycles. The van der Waals surface area contributed by atoms with Crippen LogP contribution in [0.15, 0.2) is 0 Å².